The topological polar surface area (TPSA) is 145 Å². The second-order valence-electron chi connectivity index (χ2n) is 6.40. The minimum Gasteiger partial charge on any atom is -0.458 e. The zero-order chi connectivity index (χ0) is 20.1. The molecule has 2 N–H and O–H groups in total. The number of aldehydes is 1. The number of nitrogens with one attached hydrogen (secondary N) is 2. The van der Waals surface area contributed by atoms with Crippen molar-refractivity contribution in [1.82, 2.24) is 10.0 Å². The van der Waals surface area contributed by atoms with Gasteiger partial charge in [-0.3, -0.25) is 15.4 Å². The molecule has 0 aliphatic carbocycles. The number of esters is 1. The van der Waals surface area contributed by atoms with Gasteiger partial charge >= 0.3 is 5.97 Å². The molecule has 0 saturated heterocycles. The first-order valence-corrected chi connectivity index (χ1v) is 9.05. The van der Waals surface area contributed by atoms with Crippen LogP contribution in [0, 0.1) is 10.1 Å². The van der Waals surface area contributed by atoms with E-state index in [0.29, 0.717) is 6.29 Å². The molecule has 0 unspecified atom stereocenters. The van der Waals surface area contributed by atoms with E-state index in [1.165, 1.54) is 19.1 Å². The minimum atomic E-state index is -4.46. The monoisotopic (exact) mass is 387 g/mol. The van der Waals surface area contributed by atoms with Crippen LogP contribution in [0.15, 0.2) is 29.2 Å². The van der Waals surface area contributed by atoms with Gasteiger partial charge in [0.05, 0.1) is 11.0 Å². The number of para-hydroxylation sites is 1. The van der Waals surface area contributed by atoms with Gasteiger partial charge < -0.3 is 9.53 Å². The summed E-state index contributed by atoms with van der Waals surface area (Å²) in [5, 5.41) is 13.5. The molecule has 0 amide bonds. The minimum absolute atomic E-state index is 0.469. The van der Waals surface area contributed by atoms with Crippen LogP contribution in [-0.4, -0.2) is 43.4 Å². The largest absolute Gasteiger partial charge is 0.458 e. The fraction of sp³-hybridized carbons (Fsp3) is 0.467. The number of nitrogens with zero attached hydrogens (tertiary/aromatic N) is 1. The third-order valence-corrected chi connectivity index (χ3v) is 4.37. The summed E-state index contributed by atoms with van der Waals surface area (Å²) in [6, 6.07) is 3.82. The van der Waals surface area contributed by atoms with E-state index in [1.807, 2.05) is 4.72 Å². The lowest BCUT2D eigenvalue weighted by Gasteiger charge is -2.25. The van der Waals surface area contributed by atoms with Crippen molar-refractivity contribution in [3.8, 4) is 0 Å². The van der Waals surface area contributed by atoms with Crippen LogP contribution in [0.5, 0.6) is 0 Å². The SMILES string of the molecule is C[C@@H](C=O)N[C@H](NS(=O)(=O)c1ccccc1[N+](=O)[O-])C(=O)OC(C)(C)C. The lowest BCUT2D eigenvalue weighted by molar-refractivity contribution is -0.387. The number of nitro groups is 1. The highest BCUT2D eigenvalue weighted by Crippen LogP contribution is 2.23. The fourth-order valence-corrected chi connectivity index (χ4v) is 3.14. The number of sulfonamides is 1. The Hall–Kier alpha value is -2.37. The average Bonchev–Trinajstić information content (AvgIpc) is 2.52. The van der Waals surface area contributed by atoms with Gasteiger partial charge in [-0.05, 0) is 33.8 Å². The highest BCUT2D eigenvalue weighted by atomic mass is 32.2. The van der Waals surface area contributed by atoms with Gasteiger partial charge in [0.15, 0.2) is 11.1 Å². The van der Waals surface area contributed by atoms with Crippen LogP contribution >= 0.6 is 0 Å². The van der Waals surface area contributed by atoms with Crippen LogP contribution in [0.1, 0.15) is 27.7 Å². The fourth-order valence-electron chi connectivity index (χ4n) is 1.87. The first-order chi connectivity index (χ1) is 11.9. The number of hydrogen-bond acceptors (Lipinski definition) is 8. The van der Waals surface area contributed by atoms with Crippen molar-refractivity contribution >= 4 is 28.0 Å². The lowest BCUT2D eigenvalue weighted by Crippen LogP contribution is -2.55. The number of carbonyl (C=O) groups excluding carboxylic acids is 2. The van der Waals surface area contributed by atoms with Crippen LogP contribution in [0.25, 0.3) is 0 Å². The molecule has 0 aliphatic rings. The third-order valence-electron chi connectivity index (χ3n) is 2.90. The molecule has 1 rings (SSSR count). The summed E-state index contributed by atoms with van der Waals surface area (Å²) in [5.74, 6) is -0.978. The zero-order valence-electron chi connectivity index (χ0n) is 14.8. The molecule has 2 atom stereocenters. The number of rotatable bonds is 8. The second-order valence-corrected chi connectivity index (χ2v) is 8.09. The van der Waals surface area contributed by atoms with E-state index >= 15 is 0 Å². The van der Waals surface area contributed by atoms with Crippen LogP contribution in [-0.2, 0) is 24.3 Å². The van der Waals surface area contributed by atoms with E-state index in [0.717, 1.165) is 12.1 Å². The predicted octanol–water partition coefficient (Wildman–Crippen LogP) is 0.718. The third kappa shape index (κ3) is 6.17. The molecule has 0 spiro atoms. The van der Waals surface area contributed by atoms with E-state index < -0.39 is 49.3 Å². The van der Waals surface area contributed by atoms with E-state index in [-0.39, 0.29) is 0 Å². The molecular weight excluding hydrogens is 366 g/mol. The quantitative estimate of drug-likeness (QED) is 0.218. The van der Waals surface area contributed by atoms with Crippen LogP contribution < -0.4 is 10.0 Å². The van der Waals surface area contributed by atoms with Crippen molar-refractivity contribution in [2.75, 3.05) is 0 Å². The van der Waals surface area contributed by atoms with E-state index in [9.17, 15) is 28.1 Å². The van der Waals surface area contributed by atoms with Crippen molar-refractivity contribution in [3.63, 3.8) is 0 Å². The molecular formula is C15H21N3O7S. The Morgan fingerprint density at radius 3 is 2.38 bits per heavy atom. The highest BCUT2D eigenvalue weighted by Gasteiger charge is 2.33. The molecule has 144 valence electrons. The normalized spacial score (nSPS) is 14.3. The van der Waals surface area contributed by atoms with Crippen molar-refractivity contribution in [2.45, 2.75) is 50.4 Å². The molecule has 0 aromatic heterocycles. The summed E-state index contributed by atoms with van der Waals surface area (Å²) < 4.78 is 32.3. The van der Waals surface area contributed by atoms with Crippen LogP contribution in [0.3, 0.4) is 0 Å². The van der Waals surface area contributed by atoms with Gasteiger partial charge in [-0.2, -0.15) is 4.72 Å². The van der Waals surface area contributed by atoms with Crippen molar-refractivity contribution in [3.05, 3.63) is 34.4 Å². The van der Waals surface area contributed by atoms with E-state index in [4.69, 9.17) is 4.74 Å². The molecule has 1 aromatic carbocycles. The Kier molecular flexibility index (Phi) is 6.95. The van der Waals surface area contributed by atoms with Crippen molar-refractivity contribution < 1.29 is 27.7 Å². The Morgan fingerprint density at radius 2 is 1.88 bits per heavy atom. The van der Waals surface area contributed by atoms with Gasteiger partial charge in [-0.1, -0.05) is 12.1 Å². The Morgan fingerprint density at radius 1 is 1.31 bits per heavy atom. The molecule has 0 saturated carbocycles. The molecule has 26 heavy (non-hydrogen) atoms. The summed E-state index contributed by atoms with van der Waals surface area (Å²) in [6.45, 7) is 6.16. The summed E-state index contributed by atoms with van der Waals surface area (Å²) in [4.78, 5) is 32.7. The molecule has 0 aliphatic heterocycles. The molecule has 0 fully saturated rings. The molecule has 0 bridgehead atoms. The molecule has 0 heterocycles. The zero-order valence-corrected chi connectivity index (χ0v) is 15.6. The summed E-state index contributed by atoms with van der Waals surface area (Å²) in [6.07, 6.45) is -1.14. The highest BCUT2D eigenvalue weighted by molar-refractivity contribution is 7.89. The maximum atomic E-state index is 12.6. The van der Waals surface area contributed by atoms with E-state index in [2.05, 4.69) is 5.32 Å². The Bertz CT molecular complexity index is 787. The van der Waals surface area contributed by atoms with Crippen molar-refractivity contribution in [1.29, 1.82) is 0 Å². The number of carbonyl (C=O) groups is 2. The molecule has 11 heteroatoms. The number of nitro benzene ring substituents is 1. The van der Waals surface area contributed by atoms with E-state index in [1.54, 1.807) is 20.8 Å². The molecule has 1 aromatic rings. The predicted molar refractivity (Wildman–Crippen MR) is 91.7 cm³/mol. The maximum absolute atomic E-state index is 12.6. The standard InChI is InChI=1S/C15H21N3O7S/c1-10(9-19)16-13(14(20)25-15(2,3)4)17-26(23,24)12-8-6-5-7-11(12)18(21)22/h5-10,13,16-17H,1-4H3/t10-,13+/m0/s1. The van der Waals surface area contributed by atoms with Crippen molar-refractivity contribution in [2.24, 2.45) is 0 Å². The Labute approximate surface area is 151 Å². The second kappa shape index (κ2) is 8.34. The number of ether oxygens (including phenoxy) is 1. The van der Waals surface area contributed by atoms with Gasteiger partial charge in [0.25, 0.3) is 5.69 Å². The summed E-state index contributed by atoms with van der Waals surface area (Å²) in [7, 11) is -4.46. The van der Waals surface area contributed by atoms with Gasteiger partial charge in [0, 0.05) is 6.07 Å². The summed E-state index contributed by atoms with van der Waals surface area (Å²) in [5.41, 5.74) is -1.56. The van der Waals surface area contributed by atoms with Crippen LogP contribution in [0.2, 0.25) is 0 Å². The van der Waals surface area contributed by atoms with Gasteiger partial charge in [0.2, 0.25) is 10.0 Å². The first kappa shape index (κ1) is 21.7. The number of hydrogen-bond donors (Lipinski definition) is 2. The molecule has 10 nitrogen and oxygen atoms in total. The maximum Gasteiger partial charge on any atom is 0.339 e. The average molecular weight is 387 g/mol. The van der Waals surface area contributed by atoms with Gasteiger partial charge in [-0.15, -0.1) is 0 Å². The summed E-state index contributed by atoms with van der Waals surface area (Å²) >= 11 is 0. The lowest BCUT2D eigenvalue weighted by atomic mass is 10.2. The Balaban J connectivity index is 3.22. The smallest absolute Gasteiger partial charge is 0.339 e. The van der Waals surface area contributed by atoms with Gasteiger partial charge in [0.1, 0.15) is 11.9 Å². The number of benzene rings is 1. The van der Waals surface area contributed by atoms with Crippen LogP contribution in [0.4, 0.5) is 5.69 Å². The van der Waals surface area contributed by atoms with Gasteiger partial charge in [-0.25, -0.2) is 13.2 Å². The molecule has 0 radical (unpaired) electrons. The first-order valence-electron chi connectivity index (χ1n) is 7.57.